The molecule has 6 nitrogen and oxygen atoms in total. The van der Waals surface area contributed by atoms with Crippen LogP contribution in [0.15, 0.2) is 65.1 Å². The van der Waals surface area contributed by atoms with Gasteiger partial charge in [0.2, 0.25) is 5.89 Å². The van der Waals surface area contributed by atoms with Gasteiger partial charge in [-0.15, -0.1) is 10.2 Å². The summed E-state index contributed by atoms with van der Waals surface area (Å²) in [5.41, 5.74) is 1.09. The minimum Gasteiger partial charge on any atom is -0.481 e. The maximum absolute atomic E-state index is 14.7. The molecule has 0 bridgehead atoms. The summed E-state index contributed by atoms with van der Waals surface area (Å²) in [6.07, 6.45) is -0.445. The standard InChI is InChI=1S/C24H22FN3O3/c1-16(30-20-8-6-17-4-2-3-5-18(17)14-20)23-26-27-24(31-23)19-7-9-22(21(25)15-19)28-10-12-29-13-11-28/h2-9,14-16H,10-13H2,1H3. The first kappa shape index (κ1) is 19.5. The van der Waals surface area contributed by atoms with E-state index in [-0.39, 0.29) is 11.7 Å². The van der Waals surface area contributed by atoms with E-state index in [0.29, 0.717) is 49.2 Å². The third-order valence-electron chi connectivity index (χ3n) is 5.37. The number of rotatable bonds is 5. The normalized spacial score (nSPS) is 15.2. The highest BCUT2D eigenvalue weighted by Gasteiger charge is 2.19. The molecule has 1 aromatic heterocycles. The fraction of sp³-hybridized carbons (Fsp3) is 0.250. The Morgan fingerprint density at radius 1 is 0.968 bits per heavy atom. The van der Waals surface area contributed by atoms with E-state index in [1.807, 2.05) is 48.2 Å². The SMILES string of the molecule is CC(Oc1ccc2ccccc2c1)c1nnc(-c2ccc(N3CCOCC3)c(F)c2)o1. The summed E-state index contributed by atoms with van der Waals surface area (Å²) in [4.78, 5) is 1.97. The molecule has 0 spiro atoms. The number of hydrogen-bond donors (Lipinski definition) is 0. The number of fused-ring (bicyclic) bond motifs is 1. The quantitative estimate of drug-likeness (QED) is 0.453. The lowest BCUT2D eigenvalue weighted by Crippen LogP contribution is -2.36. The van der Waals surface area contributed by atoms with E-state index in [0.717, 1.165) is 10.8 Å². The van der Waals surface area contributed by atoms with Crippen LogP contribution < -0.4 is 9.64 Å². The van der Waals surface area contributed by atoms with Crippen LogP contribution in [0.4, 0.5) is 10.1 Å². The summed E-state index contributed by atoms with van der Waals surface area (Å²) in [6, 6.07) is 18.9. The van der Waals surface area contributed by atoms with Crippen molar-refractivity contribution in [1.29, 1.82) is 0 Å². The fourth-order valence-corrected chi connectivity index (χ4v) is 3.71. The Balaban J connectivity index is 1.32. The van der Waals surface area contributed by atoms with E-state index < -0.39 is 6.10 Å². The van der Waals surface area contributed by atoms with Crippen molar-refractivity contribution in [2.45, 2.75) is 13.0 Å². The predicted molar refractivity (Wildman–Crippen MR) is 116 cm³/mol. The number of aromatic nitrogens is 2. The molecule has 7 heteroatoms. The lowest BCUT2D eigenvalue weighted by Gasteiger charge is -2.29. The molecule has 1 fully saturated rings. The Hall–Kier alpha value is -3.45. The van der Waals surface area contributed by atoms with Gasteiger partial charge in [-0.3, -0.25) is 0 Å². The number of ether oxygens (including phenoxy) is 2. The molecule has 0 N–H and O–H groups in total. The molecule has 4 aromatic rings. The Labute approximate surface area is 179 Å². The molecule has 158 valence electrons. The van der Waals surface area contributed by atoms with Gasteiger partial charge in [0.1, 0.15) is 11.6 Å². The van der Waals surface area contributed by atoms with E-state index in [1.165, 1.54) is 6.07 Å². The minimum atomic E-state index is -0.445. The van der Waals surface area contributed by atoms with Crippen LogP contribution in [0.2, 0.25) is 0 Å². The monoisotopic (exact) mass is 419 g/mol. The van der Waals surface area contributed by atoms with E-state index in [9.17, 15) is 4.39 Å². The zero-order chi connectivity index (χ0) is 21.2. The van der Waals surface area contributed by atoms with Gasteiger partial charge in [0.25, 0.3) is 5.89 Å². The Bertz CT molecular complexity index is 1200. The summed E-state index contributed by atoms with van der Waals surface area (Å²) in [7, 11) is 0. The van der Waals surface area contributed by atoms with E-state index >= 15 is 0 Å². The van der Waals surface area contributed by atoms with Crippen molar-refractivity contribution in [3.05, 3.63) is 72.4 Å². The molecular weight excluding hydrogens is 397 g/mol. The maximum atomic E-state index is 14.7. The van der Waals surface area contributed by atoms with Crippen molar-refractivity contribution in [2.24, 2.45) is 0 Å². The molecule has 31 heavy (non-hydrogen) atoms. The molecule has 1 saturated heterocycles. The largest absolute Gasteiger partial charge is 0.481 e. The first-order chi connectivity index (χ1) is 15.2. The van der Waals surface area contributed by atoms with Crippen LogP contribution in [-0.2, 0) is 4.74 Å². The zero-order valence-electron chi connectivity index (χ0n) is 17.1. The average molecular weight is 419 g/mol. The second-order valence-corrected chi connectivity index (χ2v) is 7.48. The van der Waals surface area contributed by atoms with Gasteiger partial charge >= 0.3 is 0 Å². The topological polar surface area (TPSA) is 60.6 Å². The molecule has 0 amide bonds. The van der Waals surface area contributed by atoms with Gasteiger partial charge in [-0.05, 0) is 48.0 Å². The van der Waals surface area contributed by atoms with Crippen molar-refractivity contribution in [3.8, 4) is 17.2 Å². The summed E-state index contributed by atoms with van der Waals surface area (Å²) in [6.45, 7) is 4.39. The van der Waals surface area contributed by atoms with Crippen molar-refractivity contribution < 1.29 is 18.3 Å². The molecule has 0 radical (unpaired) electrons. The molecule has 1 atom stereocenters. The van der Waals surface area contributed by atoms with Crippen molar-refractivity contribution >= 4 is 16.5 Å². The number of halogens is 1. The smallest absolute Gasteiger partial charge is 0.257 e. The van der Waals surface area contributed by atoms with Gasteiger partial charge in [-0.25, -0.2) is 4.39 Å². The Morgan fingerprint density at radius 2 is 1.77 bits per heavy atom. The van der Waals surface area contributed by atoms with Crippen LogP contribution in [0.3, 0.4) is 0 Å². The van der Waals surface area contributed by atoms with Gasteiger partial charge in [-0.1, -0.05) is 30.3 Å². The molecule has 1 aliphatic heterocycles. The number of benzene rings is 3. The first-order valence-electron chi connectivity index (χ1n) is 10.3. The number of anilines is 1. The second-order valence-electron chi connectivity index (χ2n) is 7.48. The summed E-state index contributed by atoms with van der Waals surface area (Å²) in [5.74, 6) is 0.990. The van der Waals surface area contributed by atoms with Gasteiger partial charge < -0.3 is 18.8 Å². The molecular formula is C24H22FN3O3. The van der Waals surface area contributed by atoms with E-state index in [2.05, 4.69) is 16.3 Å². The molecule has 1 unspecified atom stereocenters. The molecule has 5 rings (SSSR count). The van der Waals surface area contributed by atoms with Crippen LogP contribution >= 0.6 is 0 Å². The Kier molecular flexibility index (Phi) is 5.26. The summed E-state index contributed by atoms with van der Waals surface area (Å²) < 4.78 is 31.8. The first-order valence-corrected chi connectivity index (χ1v) is 10.3. The minimum absolute atomic E-state index is 0.261. The zero-order valence-corrected chi connectivity index (χ0v) is 17.1. The third-order valence-corrected chi connectivity index (χ3v) is 5.37. The second kappa shape index (κ2) is 8.35. The molecule has 0 saturated carbocycles. The van der Waals surface area contributed by atoms with Gasteiger partial charge in [0, 0.05) is 18.7 Å². The number of hydrogen-bond acceptors (Lipinski definition) is 6. The van der Waals surface area contributed by atoms with Crippen molar-refractivity contribution in [1.82, 2.24) is 10.2 Å². The predicted octanol–water partition coefficient (Wildman–Crippen LogP) is 5.01. The van der Waals surface area contributed by atoms with Crippen molar-refractivity contribution in [2.75, 3.05) is 31.2 Å². The van der Waals surface area contributed by atoms with Gasteiger partial charge in [-0.2, -0.15) is 0 Å². The van der Waals surface area contributed by atoms with Crippen LogP contribution in [0.5, 0.6) is 5.75 Å². The summed E-state index contributed by atoms with van der Waals surface area (Å²) in [5, 5.41) is 10.4. The van der Waals surface area contributed by atoms with Crippen molar-refractivity contribution in [3.63, 3.8) is 0 Å². The fourth-order valence-electron chi connectivity index (χ4n) is 3.71. The van der Waals surface area contributed by atoms with E-state index in [1.54, 1.807) is 12.1 Å². The number of nitrogens with zero attached hydrogens (tertiary/aromatic N) is 3. The lowest BCUT2D eigenvalue weighted by molar-refractivity contribution is 0.122. The lowest BCUT2D eigenvalue weighted by atomic mass is 10.1. The van der Waals surface area contributed by atoms with Gasteiger partial charge in [0.15, 0.2) is 6.10 Å². The highest BCUT2D eigenvalue weighted by Crippen LogP contribution is 2.29. The highest BCUT2D eigenvalue weighted by atomic mass is 19.1. The third kappa shape index (κ3) is 4.09. The van der Waals surface area contributed by atoms with Gasteiger partial charge in [0.05, 0.1) is 18.9 Å². The average Bonchev–Trinajstić information content (AvgIpc) is 3.30. The molecule has 0 aliphatic carbocycles. The number of morpholine rings is 1. The molecule has 2 heterocycles. The Morgan fingerprint density at radius 3 is 2.58 bits per heavy atom. The summed E-state index contributed by atoms with van der Waals surface area (Å²) >= 11 is 0. The molecule has 1 aliphatic rings. The van der Waals surface area contributed by atoms with E-state index in [4.69, 9.17) is 13.9 Å². The van der Waals surface area contributed by atoms with Crippen LogP contribution in [0, 0.1) is 5.82 Å². The van der Waals surface area contributed by atoms with Crippen LogP contribution in [0.1, 0.15) is 18.9 Å². The van der Waals surface area contributed by atoms with Crippen LogP contribution in [0.25, 0.3) is 22.2 Å². The molecule has 3 aromatic carbocycles. The van der Waals surface area contributed by atoms with Crippen LogP contribution in [-0.4, -0.2) is 36.5 Å². The highest BCUT2D eigenvalue weighted by molar-refractivity contribution is 5.83. The maximum Gasteiger partial charge on any atom is 0.257 e.